The van der Waals surface area contributed by atoms with E-state index < -0.39 is 10.0 Å². The molecule has 1 aromatic rings. The number of nitrogens with one attached hydrogen (secondary N) is 2. The van der Waals surface area contributed by atoms with Gasteiger partial charge in [0, 0.05) is 22.6 Å². The summed E-state index contributed by atoms with van der Waals surface area (Å²) in [4.78, 5) is 0. The lowest BCUT2D eigenvalue weighted by Crippen LogP contribution is -2.36. The number of hydrogen-bond donors (Lipinski definition) is 2. The molecule has 1 atom stereocenters. The average Bonchev–Trinajstić information content (AvgIpc) is 2.66. The maximum atomic E-state index is 12.0. The van der Waals surface area contributed by atoms with E-state index in [2.05, 4.69) is 10.0 Å². The lowest BCUT2D eigenvalue weighted by molar-refractivity contribution is 0.559. The van der Waals surface area contributed by atoms with Crippen molar-refractivity contribution in [2.24, 2.45) is 0 Å². The minimum atomic E-state index is -3.36. The maximum absolute atomic E-state index is 12.0. The first-order valence-electron chi connectivity index (χ1n) is 5.60. The molecule has 1 aliphatic heterocycles. The van der Waals surface area contributed by atoms with Crippen molar-refractivity contribution in [3.63, 3.8) is 0 Å². The molecule has 1 aliphatic rings. The van der Waals surface area contributed by atoms with E-state index in [9.17, 15) is 8.42 Å². The molecule has 0 bridgehead atoms. The van der Waals surface area contributed by atoms with Crippen molar-refractivity contribution >= 4 is 33.2 Å². The summed E-state index contributed by atoms with van der Waals surface area (Å²) in [5.74, 6) is -0.107. The van der Waals surface area contributed by atoms with Gasteiger partial charge in [-0.05, 0) is 36.7 Å². The maximum Gasteiger partial charge on any atom is 0.216 e. The van der Waals surface area contributed by atoms with Crippen molar-refractivity contribution in [1.82, 2.24) is 10.0 Å². The second kappa shape index (κ2) is 5.75. The van der Waals surface area contributed by atoms with Crippen LogP contribution in [0, 0.1) is 0 Å². The van der Waals surface area contributed by atoms with Gasteiger partial charge in [0.15, 0.2) is 0 Å². The number of hydrogen-bond acceptors (Lipinski definition) is 3. The fraction of sp³-hybridized carbons (Fsp3) is 0.455. The van der Waals surface area contributed by atoms with Crippen LogP contribution in [0.1, 0.15) is 12.0 Å². The molecule has 0 aliphatic carbocycles. The van der Waals surface area contributed by atoms with Gasteiger partial charge in [-0.25, -0.2) is 13.1 Å². The topological polar surface area (TPSA) is 58.2 Å². The van der Waals surface area contributed by atoms with Crippen LogP contribution in [-0.2, 0) is 15.8 Å². The Morgan fingerprint density at radius 2 is 1.94 bits per heavy atom. The van der Waals surface area contributed by atoms with Crippen molar-refractivity contribution in [3.8, 4) is 0 Å². The average molecular weight is 309 g/mol. The molecule has 18 heavy (non-hydrogen) atoms. The van der Waals surface area contributed by atoms with E-state index in [1.54, 1.807) is 18.2 Å². The molecule has 2 rings (SSSR count). The van der Waals surface area contributed by atoms with E-state index in [0.717, 1.165) is 13.0 Å². The Labute approximate surface area is 117 Å². The third-order valence-corrected chi connectivity index (χ3v) is 4.53. The Morgan fingerprint density at radius 1 is 1.28 bits per heavy atom. The molecule has 1 fully saturated rings. The lowest BCUT2D eigenvalue weighted by atomic mass is 10.2. The van der Waals surface area contributed by atoms with Crippen LogP contribution in [0.2, 0.25) is 10.0 Å². The Morgan fingerprint density at radius 3 is 2.50 bits per heavy atom. The number of benzene rings is 1. The fourth-order valence-corrected chi connectivity index (χ4v) is 3.93. The van der Waals surface area contributed by atoms with Crippen LogP contribution in [0.5, 0.6) is 0 Å². The molecule has 0 saturated carbocycles. The van der Waals surface area contributed by atoms with Gasteiger partial charge in [-0.3, -0.25) is 0 Å². The SMILES string of the molecule is O=S(=O)(Cc1cc(Cl)cc(Cl)c1)NC1CCNC1. The van der Waals surface area contributed by atoms with E-state index in [0.29, 0.717) is 22.2 Å². The largest absolute Gasteiger partial charge is 0.315 e. The highest BCUT2D eigenvalue weighted by atomic mass is 35.5. The Bertz CT molecular complexity index is 508. The summed E-state index contributed by atoms with van der Waals surface area (Å²) >= 11 is 11.7. The van der Waals surface area contributed by atoms with Gasteiger partial charge in [-0.1, -0.05) is 23.2 Å². The molecule has 1 aromatic carbocycles. The summed E-state index contributed by atoms with van der Waals surface area (Å²) in [6.45, 7) is 1.52. The van der Waals surface area contributed by atoms with Crippen molar-refractivity contribution in [1.29, 1.82) is 0 Å². The third-order valence-electron chi connectivity index (χ3n) is 2.69. The second-order valence-electron chi connectivity index (χ2n) is 4.34. The van der Waals surface area contributed by atoms with Crippen molar-refractivity contribution in [2.75, 3.05) is 13.1 Å². The predicted octanol–water partition coefficient (Wildman–Crippen LogP) is 1.77. The number of rotatable bonds is 4. The van der Waals surface area contributed by atoms with Crippen molar-refractivity contribution < 1.29 is 8.42 Å². The minimum absolute atomic E-state index is 0.0235. The van der Waals surface area contributed by atoms with Crippen LogP contribution in [0.15, 0.2) is 18.2 Å². The standard InChI is InChI=1S/C11H14Cl2N2O2S/c12-9-3-8(4-10(13)5-9)7-18(16,17)15-11-1-2-14-6-11/h3-5,11,14-15H,1-2,6-7H2. The summed E-state index contributed by atoms with van der Waals surface area (Å²) in [6, 6.07) is 4.77. The summed E-state index contributed by atoms with van der Waals surface area (Å²) in [5, 5.41) is 3.99. The zero-order valence-electron chi connectivity index (χ0n) is 9.62. The molecular weight excluding hydrogens is 295 g/mol. The third kappa shape index (κ3) is 4.10. The Balaban J connectivity index is 2.06. The quantitative estimate of drug-likeness (QED) is 0.891. The molecule has 4 nitrogen and oxygen atoms in total. The highest BCUT2D eigenvalue weighted by molar-refractivity contribution is 7.88. The highest BCUT2D eigenvalue weighted by Crippen LogP contribution is 2.20. The van der Waals surface area contributed by atoms with Gasteiger partial charge in [0.25, 0.3) is 0 Å². The summed E-state index contributed by atoms with van der Waals surface area (Å²) in [5.41, 5.74) is 0.589. The van der Waals surface area contributed by atoms with Gasteiger partial charge < -0.3 is 5.32 Å². The van der Waals surface area contributed by atoms with E-state index in [1.807, 2.05) is 0 Å². The first-order valence-corrected chi connectivity index (χ1v) is 8.01. The van der Waals surface area contributed by atoms with Crippen LogP contribution in [0.25, 0.3) is 0 Å². The number of sulfonamides is 1. The van der Waals surface area contributed by atoms with Gasteiger partial charge in [-0.15, -0.1) is 0 Å². The van der Waals surface area contributed by atoms with Crippen LogP contribution >= 0.6 is 23.2 Å². The molecule has 2 N–H and O–H groups in total. The zero-order chi connectivity index (χ0) is 13.2. The predicted molar refractivity (Wildman–Crippen MR) is 73.5 cm³/mol. The van der Waals surface area contributed by atoms with Gasteiger partial charge >= 0.3 is 0 Å². The van der Waals surface area contributed by atoms with E-state index >= 15 is 0 Å². The Hall–Kier alpha value is -0.330. The van der Waals surface area contributed by atoms with E-state index in [-0.39, 0.29) is 11.8 Å². The highest BCUT2D eigenvalue weighted by Gasteiger charge is 2.21. The first kappa shape index (κ1) is 14.1. The monoisotopic (exact) mass is 308 g/mol. The molecule has 0 radical (unpaired) electrons. The molecular formula is C11H14Cl2N2O2S. The molecule has 1 saturated heterocycles. The van der Waals surface area contributed by atoms with E-state index in [4.69, 9.17) is 23.2 Å². The lowest BCUT2D eigenvalue weighted by Gasteiger charge is -2.12. The van der Waals surface area contributed by atoms with Gasteiger partial charge in [0.05, 0.1) is 5.75 Å². The minimum Gasteiger partial charge on any atom is -0.315 e. The van der Waals surface area contributed by atoms with Crippen LogP contribution in [0.3, 0.4) is 0 Å². The second-order valence-corrected chi connectivity index (χ2v) is 6.97. The van der Waals surface area contributed by atoms with E-state index in [1.165, 1.54) is 0 Å². The molecule has 0 spiro atoms. The van der Waals surface area contributed by atoms with Gasteiger partial charge in [0.1, 0.15) is 0 Å². The van der Waals surface area contributed by atoms with Crippen LogP contribution in [-0.4, -0.2) is 27.5 Å². The molecule has 0 aromatic heterocycles. The number of halogens is 2. The summed E-state index contributed by atoms with van der Waals surface area (Å²) in [6.07, 6.45) is 0.815. The molecule has 1 heterocycles. The van der Waals surface area contributed by atoms with Crippen LogP contribution < -0.4 is 10.0 Å². The molecule has 1 unspecified atom stereocenters. The van der Waals surface area contributed by atoms with Gasteiger partial charge in [-0.2, -0.15) is 0 Å². The van der Waals surface area contributed by atoms with Gasteiger partial charge in [0.2, 0.25) is 10.0 Å². The molecule has 100 valence electrons. The fourth-order valence-electron chi connectivity index (χ4n) is 1.96. The Kier molecular flexibility index (Phi) is 4.50. The molecule has 7 heteroatoms. The van der Waals surface area contributed by atoms with Crippen molar-refractivity contribution in [3.05, 3.63) is 33.8 Å². The summed E-state index contributed by atoms with van der Waals surface area (Å²) in [7, 11) is -3.36. The normalized spacial score (nSPS) is 20.2. The molecule has 0 amide bonds. The zero-order valence-corrected chi connectivity index (χ0v) is 11.9. The van der Waals surface area contributed by atoms with Crippen molar-refractivity contribution in [2.45, 2.75) is 18.2 Å². The smallest absolute Gasteiger partial charge is 0.216 e. The summed E-state index contributed by atoms with van der Waals surface area (Å²) < 4.78 is 26.6. The van der Waals surface area contributed by atoms with Crippen LogP contribution in [0.4, 0.5) is 0 Å². The first-order chi connectivity index (χ1) is 8.44.